The minimum atomic E-state index is -1.56. The van der Waals surface area contributed by atoms with E-state index in [-0.39, 0.29) is 62.4 Å². The molecular weight excluding hydrogens is 730 g/mol. The van der Waals surface area contributed by atoms with Crippen molar-refractivity contribution in [3.8, 4) is 0 Å². The maximum atomic E-state index is 13.9. The molecule has 0 aromatic rings. The van der Waals surface area contributed by atoms with Crippen molar-refractivity contribution in [1.82, 2.24) is 31.9 Å². The number of nitrogens with zero attached hydrogens (tertiary/aromatic N) is 1. The van der Waals surface area contributed by atoms with Crippen molar-refractivity contribution in [3.63, 3.8) is 0 Å². The van der Waals surface area contributed by atoms with Gasteiger partial charge in [-0.05, 0) is 55.8 Å². The Labute approximate surface area is 329 Å². The van der Waals surface area contributed by atoms with Gasteiger partial charge in [-0.2, -0.15) is 0 Å². The highest BCUT2D eigenvalue weighted by molar-refractivity contribution is 5.98. The van der Waals surface area contributed by atoms with Gasteiger partial charge in [0.1, 0.15) is 36.3 Å². The topological polar surface area (TPSA) is 345 Å². The highest BCUT2D eigenvalue weighted by Gasteiger charge is 2.35. The SMILES string of the molecule is CC[C@H](C)[C@H](NC(=O)[C@H](CCCN=C(N)N)NC(=O)[C@H](CC(N)=O)NC(=O)[C@H](CC(C)C)NC(=O)CN)C(=O)N[C@@H](CC(C)C)C(=O)N[C@@H](CC(C)C)C(=O)O. The van der Waals surface area contributed by atoms with Gasteiger partial charge in [0.2, 0.25) is 41.4 Å². The van der Waals surface area contributed by atoms with Crippen LogP contribution in [-0.4, -0.2) is 108 Å². The van der Waals surface area contributed by atoms with Gasteiger partial charge in [0.25, 0.3) is 0 Å². The fourth-order valence-electron chi connectivity index (χ4n) is 5.57. The number of carboxylic acid groups (broad SMARTS) is 1. The second-order valence-corrected chi connectivity index (χ2v) is 15.3. The van der Waals surface area contributed by atoms with E-state index < -0.39 is 102 Å². The molecule has 0 saturated carbocycles. The third kappa shape index (κ3) is 20.6. The zero-order chi connectivity index (χ0) is 43.3. The molecule has 0 rings (SSSR count). The highest BCUT2D eigenvalue weighted by Crippen LogP contribution is 2.14. The van der Waals surface area contributed by atoms with Crippen molar-refractivity contribution in [3.05, 3.63) is 0 Å². The van der Waals surface area contributed by atoms with Crippen LogP contribution in [0, 0.1) is 23.7 Å². The molecule has 0 aromatic carbocycles. The number of carboxylic acids is 1. The predicted molar refractivity (Wildman–Crippen MR) is 210 cm³/mol. The standard InChI is InChI=1S/C36H67N11O9/c1-9-21(8)29(34(54)45-24(14-19(4)5)32(52)46-26(35(55)56)15-20(6)7)47-30(50)22(11-10-12-41-36(39)40)43-33(53)25(16-27(38)48)44-31(51)23(13-18(2)3)42-28(49)17-37/h18-26,29H,9-17,37H2,1-8H3,(H2,38,48)(H,42,49)(H,43,53)(H,44,51)(H,45,54)(H,46,52)(H,47,50)(H,55,56)(H4,39,40,41)/t21-,22-,23-,24-,25-,26-,29-/m0/s1. The van der Waals surface area contributed by atoms with Crippen molar-refractivity contribution in [2.75, 3.05) is 13.1 Å². The molecule has 0 spiro atoms. The molecule has 0 saturated heterocycles. The molecule has 0 aliphatic carbocycles. The maximum absolute atomic E-state index is 13.9. The number of guanidine groups is 1. The Bertz CT molecular complexity index is 1370. The largest absolute Gasteiger partial charge is 0.480 e. The van der Waals surface area contributed by atoms with Gasteiger partial charge in [0.05, 0.1) is 13.0 Å². The van der Waals surface area contributed by atoms with E-state index in [2.05, 4.69) is 36.9 Å². The second-order valence-electron chi connectivity index (χ2n) is 15.3. The first-order valence-electron chi connectivity index (χ1n) is 19.1. The molecule has 20 heteroatoms. The van der Waals surface area contributed by atoms with Crippen LogP contribution < -0.4 is 54.8 Å². The van der Waals surface area contributed by atoms with Gasteiger partial charge in [0, 0.05) is 6.54 Å². The first-order chi connectivity index (χ1) is 26.0. The highest BCUT2D eigenvalue weighted by atomic mass is 16.4. The average Bonchev–Trinajstić information content (AvgIpc) is 3.08. The summed E-state index contributed by atoms with van der Waals surface area (Å²) in [4.78, 5) is 108. The summed E-state index contributed by atoms with van der Waals surface area (Å²) in [6, 6.07) is -7.56. The van der Waals surface area contributed by atoms with E-state index in [0.717, 1.165) is 0 Å². The maximum Gasteiger partial charge on any atom is 0.326 e. The molecule has 0 heterocycles. The Morgan fingerprint density at radius 1 is 0.589 bits per heavy atom. The number of rotatable bonds is 27. The Balaban J connectivity index is 6.53. The lowest BCUT2D eigenvalue weighted by Gasteiger charge is -2.30. The van der Waals surface area contributed by atoms with Crippen molar-refractivity contribution in [2.45, 2.75) is 137 Å². The van der Waals surface area contributed by atoms with E-state index in [4.69, 9.17) is 22.9 Å². The summed E-state index contributed by atoms with van der Waals surface area (Å²) in [5.74, 6) is -7.65. The first-order valence-corrected chi connectivity index (χ1v) is 19.1. The number of hydrogen-bond acceptors (Lipinski definition) is 10. The number of aliphatic carboxylic acids is 1. The number of carbonyl (C=O) groups excluding carboxylic acids is 7. The molecule has 0 aliphatic heterocycles. The quantitative estimate of drug-likeness (QED) is 0.0246. The molecule has 0 fully saturated rings. The molecular formula is C36H67N11O9. The Morgan fingerprint density at radius 3 is 1.46 bits per heavy atom. The molecule has 56 heavy (non-hydrogen) atoms. The minimum Gasteiger partial charge on any atom is -0.480 e. The summed E-state index contributed by atoms with van der Waals surface area (Å²) in [5, 5.41) is 25.0. The second kappa shape index (κ2) is 26.0. The Kier molecular flexibility index (Phi) is 23.6. The van der Waals surface area contributed by atoms with Crippen LogP contribution in [0.25, 0.3) is 0 Å². The van der Waals surface area contributed by atoms with Crippen LogP contribution in [0.5, 0.6) is 0 Å². The van der Waals surface area contributed by atoms with E-state index in [1.54, 1.807) is 13.8 Å². The van der Waals surface area contributed by atoms with Gasteiger partial charge in [-0.25, -0.2) is 4.79 Å². The average molecular weight is 798 g/mol. The van der Waals surface area contributed by atoms with Crippen LogP contribution in [0.2, 0.25) is 0 Å². The predicted octanol–water partition coefficient (Wildman–Crippen LogP) is -1.95. The van der Waals surface area contributed by atoms with Gasteiger partial charge in [-0.1, -0.05) is 61.8 Å². The van der Waals surface area contributed by atoms with Crippen LogP contribution in [-0.2, 0) is 38.4 Å². The van der Waals surface area contributed by atoms with E-state index in [9.17, 15) is 43.5 Å². The zero-order valence-electron chi connectivity index (χ0n) is 34.1. The summed E-state index contributed by atoms with van der Waals surface area (Å²) in [5.41, 5.74) is 21.7. The smallest absolute Gasteiger partial charge is 0.326 e. The summed E-state index contributed by atoms with van der Waals surface area (Å²) in [6.07, 6.45) is 0.360. The molecule has 0 aliphatic rings. The van der Waals surface area contributed by atoms with Gasteiger partial charge in [-0.15, -0.1) is 0 Å². The molecule has 20 nitrogen and oxygen atoms in total. The third-order valence-electron chi connectivity index (χ3n) is 8.62. The fraction of sp³-hybridized carbons (Fsp3) is 0.750. The molecule has 7 atom stereocenters. The minimum absolute atomic E-state index is 0.0411. The number of primary amides is 1. The Hall–Kier alpha value is -5.01. The summed E-state index contributed by atoms with van der Waals surface area (Å²) < 4.78 is 0. The summed E-state index contributed by atoms with van der Waals surface area (Å²) in [7, 11) is 0. The van der Waals surface area contributed by atoms with E-state index in [1.165, 1.54) is 0 Å². The van der Waals surface area contributed by atoms with Crippen LogP contribution >= 0.6 is 0 Å². The molecule has 7 amide bonds. The van der Waals surface area contributed by atoms with Crippen molar-refractivity contribution in [2.24, 2.45) is 51.6 Å². The number of hydrogen-bond donors (Lipinski definition) is 11. The van der Waals surface area contributed by atoms with Gasteiger partial charge in [0.15, 0.2) is 5.96 Å². The number of nitrogens with one attached hydrogen (secondary N) is 6. The summed E-state index contributed by atoms with van der Waals surface area (Å²) >= 11 is 0. The van der Waals surface area contributed by atoms with Gasteiger partial charge >= 0.3 is 5.97 Å². The molecule has 0 radical (unpaired) electrons. The van der Waals surface area contributed by atoms with Crippen LogP contribution in [0.1, 0.15) is 100 Å². The van der Waals surface area contributed by atoms with Crippen LogP contribution in [0.15, 0.2) is 4.99 Å². The molecule has 0 bridgehead atoms. The van der Waals surface area contributed by atoms with Crippen molar-refractivity contribution < 1.29 is 43.5 Å². The first kappa shape index (κ1) is 51.0. The lowest BCUT2D eigenvalue weighted by Crippen LogP contribution is -2.61. The normalized spacial score (nSPS) is 14.9. The fourth-order valence-corrected chi connectivity index (χ4v) is 5.57. The number of carbonyl (C=O) groups is 8. The zero-order valence-corrected chi connectivity index (χ0v) is 34.1. The van der Waals surface area contributed by atoms with Crippen molar-refractivity contribution >= 4 is 53.3 Å². The van der Waals surface area contributed by atoms with Crippen molar-refractivity contribution in [1.29, 1.82) is 0 Å². The molecule has 320 valence electrons. The Morgan fingerprint density at radius 2 is 1.02 bits per heavy atom. The number of amides is 7. The van der Waals surface area contributed by atoms with E-state index in [0.29, 0.717) is 6.42 Å². The lowest BCUT2D eigenvalue weighted by atomic mass is 9.95. The number of aliphatic imine (C=N–C) groups is 1. The van der Waals surface area contributed by atoms with Gasteiger partial charge in [-0.3, -0.25) is 38.6 Å². The van der Waals surface area contributed by atoms with Crippen LogP contribution in [0.4, 0.5) is 0 Å². The van der Waals surface area contributed by atoms with E-state index in [1.807, 2.05) is 41.5 Å². The molecule has 15 N–H and O–H groups in total. The monoisotopic (exact) mass is 798 g/mol. The molecule has 0 unspecified atom stereocenters. The number of nitrogens with two attached hydrogens (primary N) is 4. The molecule has 0 aromatic heterocycles. The third-order valence-corrected chi connectivity index (χ3v) is 8.62. The van der Waals surface area contributed by atoms with Crippen LogP contribution in [0.3, 0.4) is 0 Å². The summed E-state index contributed by atoms with van der Waals surface area (Å²) in [6.45, 7) is 14.1. The lowest BCUT2D eigenvalue weighted by molar-refractivity contribution is -0.143. The van der Waals surface area contributed by atoms with Gasteiger partial charge < -0.3 is 59.9 Å². The van der Waals surface area contributed by atoms with E-state index >= 15 is 0 Å².